The van der Waals surface area contributed by atoms with Gasteiger partial charge in [0, 0.05) is 25.0 Å². The van der Waals surface area contributed by atoms with Crippen LogP contribution in [0.4, 0.5) is 13.2 Å². The highest BCUT2D eigenvalue weighted by atomic mass is 19.4. The molecule has 7 heteroatoms. The number of nitrogens with two attached hydrogens (primary N) is 1. The summed E-state index contributed by atoms with van der Waals surface area (Å²) in [6.45, 7) is 4.45. The minimum Gasteiger partial charge on any atom is -0.381 e. The molecule has 110 valence electrons. The predicted octanol–water partition coefficient (Wildman–Crippen LogP) is 2.31. The second-order valence-electron chi connectivity index (χ2n) is 4.34. The Morgan fingerprint density at radius 2 is 2.20 bits per heavy atom. The van der Waals surface area contributed by atoms with Crippen LogP contribution < -0.4 is 11.1 Å². The topological polar surface area (TPSA) is 74.3 Å². The number of nitrogens with one attached hydrogen (secondary N) is 2. The Hall–Kier alpha value is -1.89. The van der Waals surface area contributed by atoms with Crippen molar-refractivity contribution in [3.8, 4) is 0 Å². The molecule has 0 amide bonds. The zero-order chi connectivity index (χ0) is 15.3. The van der Waals surface area contributed by atoms with Gasteiger partial charge in [0.2, 0.25) is 5.84 Å². The smallest absolute Gasteiger partial charge is 0.381 e. The van der Waals surface area contributed by atoms with Gasteiger partial charge in [-0.1, -0.05) is 6.08 Å². The van der Waals surface area contributed by atoms with Crippen LogP contribution in [0, 0.1) is 5.41 Å². The second kappa shape index (κ2) is 6.51. The summed E-state index contributed by atoms with van der Waals surface area (Å²) in [6.07, 6.45) is 0.0451. The van der Waals surface area contributed by atoms with E-state index in [2.05, 4.69) is 10.3 Å². The Kier molecular flexibility index (Phi) is 5.26. The molecule has 0 fully saturated rings. The van der Waals surface area contributed by atoms with Crippen LogP contribution in [0.1, 0.15) is 13.8 Å². The summed E-state index contributed by atoms with van der Waals surface area (Å²) in [5, 5.41) is 9.85. The van der Waals surface area contributed by atoms with Crippen LogP contribution in [0.5, 0.6) is 0 Å². The van der Waals surface area contributed by atoms with E-state index in [1.807, 2.05) is 13.0 Å². The van der Waals surface area contributed by atoms with Gasteiger partial charge in [0.25, 0.3) is 0 Å². The molecule has 0 spiro atoms. The van der Waals surface area contributed by atoms with Gasteiger partial charge in [0.1, 0.15) is 0 Å². The molecular weight excluding hydrogens is 269 g/mol. The van der Waals surface area contributed by atoms with Gasteiger partial charge in [-0.3, -0.25) is 5.41 Å². The van der Waals surface area contributed by atoms with Crippen molar-refractivity contribution in [3.63, 3.8) is 0 Å². The van der Waals surface area contributed by atoms with E-state index in [0.29, 0.717) is 24.4 Å². The summed E-state index contributed by atoms with van der Waals surface area (Å²) in [5.41, 5.74) is 8.72. The van der Waals surface area contributed by atoms with Gasteiger partial charge in [0.05, 0.1) is 0 Å². The van der Waals surface area contributed by atoms with Crippen molar-refractivity contribution < 1.29 is 13.2 Å². The third-order valence-corrected chi connectivity index (χ3v) is 2.83. The van der Waals surface area contributed by atoms with E-state index in [0.717, 1.165) is 17.4 Å². The Balaban J connectivity index is 2.99. The van der Waals surface area contributed by atoms with E-state index in [9.17, 15) is 13.2 Å². The van der Waals surface area contributed by atoms with E-state index in [-0.39, 0.29) is 0 Å². The third kappa shape index (κ3) is 4.34. The monoisotopic (exact) mass is 286 g/mol. The molecule has 0 aromatic heterocycles. The first-order chi connectivity index (χ1) is 9.25. The second-order valence-corrected chi connectivity index (χ2v) is 4.34. The molecule has 1 rings (SSSR count). The summed E-state index contributed by atoms with van der Waals surface area (Å²) in [7, 11) is 0. The lowest BCUT2D eigenvalue weighted by Crippen LogP contribution is -2.20. The number of allylic oxidation sites excluding steroid dienone is 2. The molecule has 4 nitrogen and oxygen atoms in total. The highest BCUT2D eigenvalue weighted by Gasteiger charge is 2.34. The normalized spacial score (nSPS) is 19.1. The molecule has 4 N–H and O–H groups in total. The van der Waals surface area contributed by atoms with E-state index in [4.69, 9.17) is 11.1 Å². The SMILES string of the molecule is CC1=CCNC(=C(C)C=NC(=N)C(F)(F)F)C=C1CN. The fourth-order valence-corrected chi connectivity index (χ4v) is 1.56. The number of aliphatic imine (C=N–C) groups is 1. The van der Waals surface area contributed by atoms with Crippen molar-refractivity contribution in [2.75, 3.05) is 13.1 Å². The summed E-state index contributed by atoms with van der Waals surface area (Å²) in [5.74, 6) is -1.62. The molecule has 1 heterocycles. The van der Waals surface area contributed by atoms with Gasteiger partial charge in [0.15, 0.2) is 0 Å². The molecule has 0 atom stereocenters. The Bertz CT molecular complexity index is 510. The zero-order valence-corrected chi connectivity index (χ0v) is 11.3. The van der Waals surface area contributed by atoms with Crippen molar-refractivity contribution in [2.24, 2.45) is 10.7 Å². The zero-order valence-electron chi connectivity index (χ0n) is 11.3. The number of amidine groups is 1. The predicted molar refractivity (Wildman–Crippen MR) is 73.9 cm³/mol. The summed E-state index contributed by atoms with van der Waals surface area (Å²) >= 11 is 0. The maximum Gasteiger partial charge on any atom is 0.450 e. The molecule has 0 radical (unpaired) electrons. The minimum absolute atomic E-state index is 0.344. The molecule has 0 bridgehead atoms. The van der Waals surface area contributed by atoms with Crippen molar-refractivity contribution in [3.05, 3.63) is 34.6 Å². The average molecular weight is 286 g/mol. The lowest BCUT2D eigenvalue weighted by molar-refractivity contribution is -0.0604. The van der Waals surface area contributed by atoms with Gasteiger partial charge in [-0.2, -0.15) is 13.2 Å². The average Bonchev–Trinajstić information content (AvgIpc) is 2.56. The lowest BCUT2D eigenvalue weighted by Gasteiger charge is -2.07. The van der Waals surface area contributed by atoms with Gasteiger partial charge in [-0.25, -0.2) is 4.99 Å². The van der Waals surface area contributed by atoms with E-state index in [1.54, 1.807) is 13.0 Å². The number of nitrogens with zero attached hydrogens (tertiary/aromatic N) is 1. The molecule has 1 aliphatic heterocycles. The van der Waals surface area contributed by atoms with E-state index in [1.165, 1.54) is 0 Å². The maximum atomic E-state index is 12.2. The third-order valence-electron chi connectivity index (χ3n) is 2.83. The van der Waals surface area contributed by atoms with Crippen LogP contribution in [0.25, 0.3) is 0 Å². The number of hydrogen-bond donors (Lipinski definition) is 3. The molecule has 20 heavy (non-hydrogen) atoms. The Morgan fingerprint density at radius 3 is 2.75 bits per heavy atom. The minimum atomic E-state index is -4.73. The van der Waals surface area contributed by atoms with Gasteiger partial charge < -0.3 is 11.1 Å². The fraction of sp³-hybridized carbons (Fsp3) is 0.385. The fourth-order valence-electron chi connectivity index (χ4n) is 1.56. The first kappa shape index (κ1) is 16.2. The van der Waals surface area contributed by atoms with Gasteiger partial charge >= 0.3 is 6.18 Å². The maximum absolute atomic E-state index is 12.2. The Morgan fingerprint density at radius 1 is 1.55 bits per heavy atom. The number of hydrogen-bond acceptors (Lipinski definition) is 3. The molecular formula is C13H17F3N4. The first-order valence-electron chi connectivity index (χ1n) is 5.98. The Labute approximate surface area is 115 Å². The summed E-state index contributed by atoms with van der Waals surface area (Å²) in [6, 6.07) is 0. The van der Waals surface area contributed by atoms with E-state index >= 15 is 0 Å². The van der Waals surface area contributed by atoms with Crippen LogP contribution in [0.3, 0.4) is 0 Å². The number of halogens is 3. The van der Waals surface area contributed by atoms with Crippen molar-refractivity contribution in [2.45, 2.75) is 20.0 Å². The largest absolute Gasteiger partial charge is 0.450 e. The molecule has 0 aromatic carbocycles. The quantitative estimate of drug-likeness (QED) is 0.538. The van der Waals surface area contributed by atoms with Crippen LogP contribution in [0.2, 0.25) is 0 Å². The highest BCUT2D eigenvalue weighted by Crippen LogP contribution is 2.17. The van der Waals surface area contributed by atoms with Crippen LogP contribution in [-0.2, 0) is 0 Å². The molecule has 0 unspecified atom stereocenters. The summed E-state index contributed by atoms with van der Waals surface area (Å²) in [4.78, 5) is 3.13. The molecule has 0 saturated heterocycles. The van der Waals surface area contributed by atoms with Crippen LogP contribution >= 0.6 is 0 Å². The molecule has 0 aromatic rings. The standard InChI is InChI=1S/C13H17F3N4/c1-8-3-4-19-11(5-10(8)6-17)9(2)7-20-12(18)13(14,15)16/h3,5,7,18-19H,4,6,17H2,1-2H3. The van der Waals surface area contributed by atoms with Crippen LogP contribution in [0.15, 0.2) is 39.6 Å². The molecule has 0 saturated carbocycles. The van der Waals surface area contributed by atoms with Crippen LogP contribution in [-0.4, -0.2) is 31.3 Å². The number of rotatable bonds is 2. The van der Waals surface area contributed by atoms with E-state index < -0.39 is 12.0 Å². The first-order valence-corrected chi connectivity index (χ1v) is 5.98. The summed E-state index contributed by atoms with van der Waals surface area (Å²) < 4.78 is 36.5. The van der Waals surface area contributed by atoms with Crippen molar-refractivity contribution >= 4 is 12.1 Å². The van der Waals surface area contributed by atoms with Gasteiger partial charge in [-0.15, -0.1) is 0 Å². The van der Waals surface area contributed by atoms with Gasteiger partial charge in [-0.05, 0) is 36.6 Å². The molecule has 0 aliphatic carbocycles. The lowest BCUT2D eigenvalue weighted by atomic mass is 10.1. The number of alkyl halides is 3. The van der Waals surface area contributed by atoms with Crippen molar-refractivity contribution in [1.82, 2.24) is 5.32 Å². The van der Waals surface area contributed by atoms with Crippen molar-refractivity contribution in [1.29, 1.82) is 5.41 Å². The molecule has 1 aliphatic rings. The highest BCUT2D eigenvalue weighted by molar-refractivity contribution is 5.95.